The third-order valence-corrected chi connectivity index (χ3v) is 1.62. The largest absolute Gasteiger partial charge is 0.389 e. The number of hydrogen-bond donors (Lipinski definition) is 1. The zero-order valence-corrected chi connectivity index (χ0v) is 5.17. The molecular formula is C7H9NO. The molecule has 0 saturated heterocycles. The summed E-state index contributed by atoms with van der Waals surface area (Å²) in [5.41, 5.74) is 0.900. The molecule has 0 aromatic carbocycles. The second-order valence-electron chi connectivity index (χ2n) is 2.26. The molecule has 1 rings (SSSR count). The Labute approximate surface area is 54.4 Å². The van der Waals surface area contributed by atoms with Crippen LogP contribution in [0.4, 0.5) is 0 Å². The van der Waals surface area contributed by atoms with Crippen molar-refractivity contribution in [2.45, 2.75) is 25.4 Å². The van der Waals surface area contributed by atoms with Gasteiger partial charge in [0.1, 0.15) is 0 Å². The van der Waals surface area contributed by atoms with Crippen molar-refractivity contribution in [2.75, 3.05) is 0 Å². The third kappa shape index (κ3) is 1.30. The number of aliphatic hydroxyl groups excluding tert-OH is 1. The molecule has 9 heavy (non-hydrogen) atoms. The lowest BCUT2D eigenvalue weighted by Gasteiger charge is -1.98. The Morgan fingerprint density at radius 3 is 3.00 bits per heavy atom. The summed E-state index contributed by atoms with van der Waals surface area (Å²) >= 11 is 0. The number of allylic oxidation sites excluding steroid dienone is 1. The van der Waals surface area contributed by atoms with E-state index >= 15 is 0 Å². The summed E-state index contributed by atoms with van der Waals surface area (Å²) in [6.07, 6.45) is 3.87. The second-order valence-corrected chi connectivity index (χ2v) is 2.26. The smallest absolute Gasteiger partial charge is 0.0912 e. The van der Waals surface area contributed by atoms with Gasteiger partial charge >= 0.3 is 0 Å². The van der Waals surface area contributed by atoms with Gasteiger partial charge in [-0.2, -0.15) is 5.26 Å². The second kappa shape index (κ2) is 2.65. The Morgan fingerprint density at radius 2 is 2.56 bits per heavy atom. The summed E-state index contributed by atoms with van der Waals surface area (Å²) in [6, 6.07) is 1.92. The number of nitrogens with zero attached hydrogens (tertiary/aromatic N) is 1. The minimum absolute atomic E-state index is 0.329. The minimum atomic E-state index is -0.329. The van der Waals surface area contributed by atoms with Crippen LogP contribution in [0.15, 0.2) is 11.6 Å². The number of hydrogen-bond acceptors (Lipinski definition) is 2. The molecule has 1 saturated carbocycles. The SMILES string of the molecule is N#C/C=C1/CCCC1O. The predicted octanol–water partition coefficient (Wildman–Crippen LogP) is 0.981. The molecule has 0 bridgehead atoms. The summed E-state index contributed by atoms with van der Waals surface area (Å²) in [4.78, 5) is 0. The number of aliphatic hydroxyl groups is 1. The highest BCUT2D eigenvalue weighted by Crippen LogP contribution is 2.23. The van der Waals surface area contributed by atoms with Gasteiger partial charge in [0.05, 0.1) is 12.2 Å². The number of rotatable bonds is 0. The van der Waals surface area contributed by atoms with Crippen LogP contribution in [0.25, 0.3) is 0 Å². The van der Waals surface area contributed by atoms with Gasteiger partial charge in [0.15, 0.2) is 0 Å². The molecule has 2 heteroatoms. The van der Waals surface area contributed by atoms with Crippen LogP contribution in [0, 0.1) is 11.3 Å². The fourth-order valence-electron chi connectivity index (χ4n) is 1.10. The third-order valence-electron chi connectivity index (χ3n) is 1.62. The van der Waals surface area contributed by atoms with Crippen LogP contribution < -0.4 is 0 Å². The van der Waals surface area contributed by atoms with Crippen molar-refractivity contribution in [3.63, 3.8) is 0 Å². The normalized spacial score (nSPS) is 30.7. The maximum absolute atomic E-state index is 9.10. The molecule has 0 aliphatic heterocycles. The molecule has 0 heterocycles. The van der Waals surface area contributed by atoms with E-state index in [1.54, 1.807) is 0 Å². The van der Waals surface area contributed by atoms with Gasteiger partial charge in [-0.25, -0.2) is 0 Å². The van der Waals surface area contributed by atoms with E-state index in [1.165, 1.54) is 6.08 Å². The molecule has 1 aliphatic rings. The van der Waals surface area contributed by atoms with Crippen LogP contribution in [0.3, 0.4) is 0 Å². The van der Waals surface area contributed by atoms with Crippen molar-refractivity contribution in [1.82, 2.24) is 0 Å². The van der Waals surface area contributed by atoms with E-state index < -0.39 is 0 Å². The molecule has 0 amide bonds. The maximum Gasteiger partial charge on any atom is 0.0912 e. The fraction of sp³-hybridized carbons (Fsp3) is 0.571. The van der Waals surface area contributed by atoms with Gasteiger partial charge in [0.25, 0.3) is 0 Å². The molecule has 1 aliphatic carbocycles. The van der Waals surface area contributed by atoms with E-state index in [1.807, 2.05) is 6.07 Å². The van der Waals surface area contributed by atoms with Crippen LogP contribution in [0.2, 0.25) is 0 Å². The molecule has 0 spiro atoms. The van der Waals surface area contributed by atoms with Crippen LogP contribution in [-0.2, 0) is 0 Å². The highest BCUT2D eigenvalue weighted by Gasteiger charge is 2.16. The summed E-state index contributed by atoms with van der Waals surface area (Å²) < 4.78 is 0. The molecule has 2 nitrogen and oxygen atoms in total. The molecule has 1 atom stereocenters. The molecule has 0 radical (unpaired) electrons. The first-order valence-corrected chi connectivity index (χ1v) is 3.11. The van der Waals surface area contributed by atoms with Crippen molar-refractivity contribution in [3.8, 4) is 6.07 Å². The van der Waals surface area contributed by atoms with Crippen LogP contribution in [0.5, 0.6) is 0 Å². The number of nitriles is 1. The van der Waals surface area contributed by atoms with E-state index in [2.05, 4.69) is 0 Å². The molecular weight excluding hydrogens is 114 g/mol. The summed E-state index contributed by atoms with van der Waals surface area (Å²) in [5.74, 6) is 0. The first kappa shape index (κ1) is 6.31. The lowest BCUT2D eigenvalue weighted by Crippen LogP contribution is -2.00. The quantitative estimate of drug-likeness (QED) is 0.488. The van der Waals surface area contributed by atoms with Gasteiger partial charge in [-0.05, 0) is 24.8 Å². The van der Waals surface area contributed by atoms with Gasteiger partial charge in [-0.15, -0.1) is 0 Å². The Morgan fingerprint density at radius 1 is 1.78 bits per heavy atom. The van der Waals surface area contributed by atoms with E-state index in [4.69, 9.17) is 10.4 Å². The monoisotopic (exact) mass is 123 g/mol. The average Bonchev–Trinajstić information content (AvgIpc) is 2.18. The molecule has 48 valence electrons. The van der Waals surface area contributed by atoms with Crippen molar-refractivity contribution in [2.24, 2.45) is 0 Å². The maximum atomic E-state index is 9.10. The van der Waals surface area contributed by atoms with Crippen molar-refractivity contribution in [3.05, 3.63) is 11.6 Å². The van der Waals surface area contributed by atoms with Crippen LogP contribution >= 0.6 is 0 Å². The molecule has 1 N–H and O–H groups in total. The molecule has 0 aromatic heterocycles. The first-order chi connectivity index (χ1) is 4.34. The predicted molar refractivity (Wildman–Crippen MR) is 33.6 cm³/mol. The lowest BCUT2D eigenvalue weighted by molar-refractivity contribution is 0.218. The van der Waals surface area contributed by atoms with Gasteiger partial charge in [0, 0.05) is 6.08 Å². The van der Waals surface area contributed by atoms with E-state index in [0.29, 0.717) is 0 Å². The summed E-state index contributed by atoms with van der Waals surface area (Å²) in [6.45, 7) is 0. The van der Waals surface area contributed by atoms with Crippen LogP contribution in [-0.4, -0.2) is 11.2 Å². The zero-order chi connectivity index (χ0) is 6.69. The van der Waals surface area contributed by atoms with Crippen molar-refractivity contribution in [1.29, 1.82) is 5.26 Å². The Kier molecular flexibility index (Phi) is 1.86. The highest BCUT2D eigenvalue weighted by atomic mass is 16.3. The van der Waals surface area contributed by atoms with E-state index in [0.717, 1.165) is 24.8 Å². The van der Waals surface area contributed by atoms with E-state index in [-0.39, 0.29) is 6.10 Å². The van der Waals surface area contributed by atoms with Crippen molar-refractivity contribution < 1.29 is 5.11 Å². The Balaban J connectivity index is 2.62. The molecule has 0 aromatic rings. The summed E-state index contributed by atoms with van der Waals surface area (Å²) in [7, 11) is 0. The summed E-state index contributed by atoms with van der Waals surface area (Å²) in [5, 5.41) is 17.3. The van der Waals surface area contributed by atoms with Crippen molar-refractivity contribution >= 4 is 0 Å². The molecule has 1 unspecified atom stereocenters. The average molecular weight is 123 g/mol. The standard InChI is InChI=1S/C7H9NO/c8-5-4-6-2-1-3-7(6)9/h4,7,9H,1-3H2/b6-4-. The highest BCUT2D eigenvalue weighted by molar-refractivity contribution is 5.19. The minimum Gasteiger partial charge on any atom is -0.389 e. The topological polar surface area (TPSA) is 44.0 Å². The zero-order valence-electron chi connectivity index (χ0n) is 5.17. The van der Waals surface area contributed by atoms with Crippen LogP contribution in [0.1, 0.15) is 19.3 Å². The van der Waals surface area contributed by atoms with Gasteiger partial charge in [0.2, 0.25) is 0 Å². The lowest BCUT2D eigenvalue weighted by atomic mass is 10.2. The van der Waals surface area contributed by atoms with Gasteiger partial charge < -0.3 is 5.11 Å². The Hall–Kier alpha value is -0.810. The first-order valence-electron chi connectivity index (χ1n) is 3.11. The molecule has 1 fully saturated rings. The van der Waals surface area contributed by atoms with Gasteiger partial charge in [-0.1, -0.05) is 0 Å². The fourth-order valence-corrected chi connectivity index (χ4v) is 1.10. The Bertz CT molecular complexity index is 166. The van der Waals surface area contributed by atoms with E-state index in [9.17, 15) is 0 Å². The van der Waals surface area contributed by atoms with Gasteiger partial charge in [-0.3, -0.25) is 0 Å².